The maximum Gasteiger partial charge on any atom is 0.422 e. The van der Waals surface area contributed by atoms with Crippen molar-refractivity contribution in [2.75, 3.05) is 13.1 Å². The molecule has 0 aromatic heterocycles. The number of likely N-dealkylation sites (N-methyl/N-ethyl adjacent to an activating group) is 1. The Morgan fingerprint density at radius 2 is 1.96 bits per heavy atom. The molecule has 0 bridgehead atoms. The lowest BCUT2D eigenvalue weighted by Crippen LogP contribution is -2.51. The van der Waals surface area contributed by atoms with Gasteiger partial charge in [0.2, 0.25) is 0 Å². The highest BCUT2D eigenvalue weighted by molar-refractivity contribution is 6.35. The summed E-state index contributed by atoms with van der Waals surface area (Å²) in [5.74, 6) is -1.31. The molecule has 7 heteroatoms. The van der Waals surface area contributed by atoms with Crippen molar-refractivity contribution in [1.82, 2.24) is 4.90 Å². The first-order chi connectivity index (χ1) is 11.1. The van der Waals surface area contributed by atoms with Crippen LogP contribution < -0.4 is 0 Å². The largest absolute Gasteiger partial charge is 0.422 e. The molecule has 2 unspecified atom stereocenters. The predicted molar refractivity (Wildman–Crippen MR) is 90.4 cm³/mol. The second-order valence-electron chi connectivity index (χ2n) is 5.73. The fourth-order valence-electron chi connectivity index (χ4n) is 2.79. The molecule has 0 fully saturated rings. The fraction of sp³-hybridized carbons (Fsp3) is 0.412. The van der Waals surface area contributed by atoms with Gasteiger partial charge in [-0.2, -0.15) is 13.2 Å². The predicted octanol–water partition coefficient (Wildman–Crippen LogP) is 5.17. The maximum absolute atomic E-state index is 13.9. The molecule has 132 valence electrons. The third-order valence-corrected chi connectivity index (χ3v) is 4.86. The number of hydrogen-bond acceptors (Lipinski definition) is 2. The van der Waals surface area contributed by atoms with E-state index >= 15 is 0 Å². The van der Waals surface area contributed by atoms with E-state index in [1.54, 1.807) is 11.0 Å². The molecule has 1 heterocycles. The lowest BCUT2D eigenvalue weighted by atomic mass is 9.77. The normalized spacial score (nSPS) is 19.0. The van der Waals surface area contributed by atoms with E-state index < -0.39 is 17.7 Å². The van der Waals surface area contributed by atoms with E-state index in [2.05, 4.69) is 0 Å². The molecule has 0 aliphatic carbocycles. The maximum atomic E-state index is 13.9. The zero-order valence-electron chi connectivity index (χ0n) is 13.2. The summed E-state index contributed by atoms with van der Waals surface area (Å²) in [6.45, 7) is 4.18. The second kappa shape index (κ2) is 6.98. The summed E-state index contributed by atoms with van der Waals surface area (Å²) in [5.41, 5.74) is -3.08. The Kier molecular flexibility index (Phi) is 5.57. The van der Waals surface area contributed by atoms with E-state index in [0.717, 1.165) is 0 Å². The van der Waals surface area contributed by atoms with Gasteiger partial charge >= 0.3 is 6.18 Å². The summed E-state index contributed by atoms with van der Waals surface area (Å²) in [6, 6.07) is 4.24. The van der Waals surface area contributed by atoms with E-state index in [4.69, 9.17) is 23.2 Å². The summed E-state index contributed by atoms with van der Waals surface area (Å²) < 4.78 is 41.6. The Morgan fingerprint density at radius 3 is 2.50 bits per heavy atom. The van der Waals surface area contributed by atoms with Gasteiger partial charge in [0.1, 0.15) is 0 Å². The highest BCUT2D eigenvalue weighted by Gasteiger charge is 2.59. The first-order valence-electron chi connectivity index (χ1n) is 7.48. The number of halogens is 5. The van der Waals surface area contributed by atoms with Gasteiger partial charge in [0, 0.05) is 40.8 Å². The highest BCUT2D eigenvalue weighted by Crippen LogP contribution is 2.48. The first kappa shape index (κ1) is 19.2. The minimum absolute atomic E-state index is 0.0883. The van der Waals surface area contributed by atoms with Gasteiger partial charge in [-0.15, -0.1) is 0 Å². The summed E-state index contributed by atoms with van der Waals surface area (Å²) in [6.07, 6.45) is -0.595. The number of alkyl halides is 3. The van der Waals surface area contributed by atoms with Crippen LogP contribution in [0.25, 0.3) is 0 Å². The third kappa shape index (κ3) is 3.44. The van der Waals surface area contributed by atoms with Gasteiger partial charge in [-0.3, -0.25) is 0 Å². The van der Waals surface area contributed by atoms with Crippen LogP contribution in [0.5, 0.6) is 0 Å². The molecule has 0 saturated carbocycles. The molecule has 2 rings (SSSR count). The van der Waals surface area contributed by atoms with Crippen molar-refractivity contribution >= 4 is 23.2 Å². The average molecular weight is 380 g/mol. The van der Waals surface area contributed by atoms with Crippen molar-refractivity contribution in [3.63, 3.8) is 0 Å². The SMILES string of the molecule is CCN1C=C(C(O)(C(C)c2ccc(Cl)cc2Cl)C(F)(F)F)C=CC1. The molecule has 1 aromatic carbocycles. The molecule has 0 radical (unpaired) electrons. The van der Waals surface area contributed by atoms with Crippen LogP contribution in [0.3, 0.4) is 0 Å². The van der Waals surface area contributed by atoms with Crippen LogP contribution >= 0.6 is 23.2 Å². The molecule has 2 nitrogen and oxygen atoms in total. The Balaban J connectivity index is 2.56. The summed E-state index contributed by atoms with van der Waals surface area (Å²) in [5, 5.41) is 11.1. The van der Waals surface area contributed by atoms with Crippen LogP contribution in [0.1, 0.15) is 25.3 Å². The quantitative estimate of drug-likeness (QED) is 0.780. The van der Waals surface area contributed by atoms with E-state index in [1.165, 1.54) is 37.4 Å². The number of benzene rings is 1. The topological polar surface area (TPSA) is 23.5 Å². The van der Waals surface area contributed by atoms with Gasteiger partial charge in [-0.1, -0.05) is 48.3 Å². The Hall–Kier alpha value is -1.17. The van der Waals surface area contributed by atoms with Crippen molar-refractivity contribution in [3.8, 4) is 0 Å². The lowest BCUT2D eigenvalue weighted by molar-refractivity contribution is -0.250. The van der Waals surface area contributed by atoms with Crippen LogP contribution in [0, 0.1) is 0 Å². The zero-order chi connectivity index (χ0) is 18.1. The van der Waals surface area contributed by atoms with Crippen LogP contribution in [0.2, 0.25) is 10.0 Å². The van der Waals surface area contributed by atoms with Crippen LogP contribution in [-0.2, 0) is 0 Å². The third-order valence-electron chi connectivity index (χ3n) is 4.29. The summed E-state index contributed by atoms with van der Waals surface area (Å²) in [7, 11) is 0. The summed E-state index contributed by atoms with van der Waals surface area (Å²) in [4.78, 5) is 1.70. The van der Waals surface area contributed by atoms with Gasteiger partial charge in [-0.25, -0.2) is 0 Å². The standard InChI is InChI=1S/C17H18Cl2F3NO/c1-3-23-8-4-5-12(10-23)16(24,17(20,21)22)11(2)14-7-6-13(18)9-15(14)19/h4-7,9-11,24H,3,8H2,1-2H3. The van der Waals surface area contributed by atoms with E-state index in [-0.39, 0.29) is 16.2 Å². The Bertz CT molecular complexity index is 672. The van der Waals surface area contributed by atoms with Crippen molar-refractivity contribution < 1.29 is 18.3 Å². The van der Waals surface area contributed by atoms with Gasteiger partial charge < -0.3 is 10.0 Å². The molecule has 1 aromatic rings. The molecule has 1 N–H and O–H groups in total. The minimum Gasteiger partial charge on any atom is -0.376 e. The minimum atomic E-state index is -4.87. The van der Waals surface area contributed by atoms with Crippen molar-refractivity contribution in [2.45, 2.75) is 31.5 Å². The lowest BCUT2D eigenvalue weighted by Gasteiger charge is -2.39. The molecule has 0 saturated heterocycles. The molecule has 24 heavy (non-hydrogen) atoms. The molecule has 0 amide bonds. The van der Waals surface area contributed by atoms with Gasteiger partial charge in [0.15, 0.2) is 5.60 Å². The summed E-state index contributed by atoms with van der Waals surface area (Å²) >= 11 is 11.9. The molecule has 1 aliphatic rings. The zero-order valence-corrected chi connectivity index (χ0v) is 14.8. The molecule has 2 atom stereocenters. The van der Waals surface area contributed by atoms with Crippen LogP contribution in [0.15, 0.2) is 42.1 Å². The number of aliphatic hydroxyl groups is 1. The smallest absolute Gasteiger partial charge is 0.376 e. The highest BCUT2D eigenvalue weighted by atomic mass is 35.5. The fourth-order valence-corrected chi connectivity index (χ4v) is 3.36. The van der Waals surface area contributed by atoms with Crippen LogP contribution in [0.4, 0.5) is 13.2 Å². The first-order valence-corrected chi connectivity index (χ1v) is 8.23. The van der Waals surface area contributed by atoms with Gasteiger partial charge in [-0.05, 0) is 24.6 Å². The molecular formula is C17H18Cl2F3NO. The van der Waals surface area contributed by atoms with E-state index in [9.17, 15) is 18.3 Å². The molecule has 0 spiro atoms. The Morgan fingerprint density at radius 1 is 1.29 bits per heavy atom. The molecular weight excluding hydrogens is 362 g/mol. The van der Waals surface area contributed by atoms with Gasteiger partial charge in [0.05, 0.1) is 0 Å². The monoisotopic (exact) mass is 379 g/mol. The van der Waals surface area contributed by atoms with Crippen molar-refractivity contribution in [2.24, 2.45) is 0 Å². The van der Waals surface area contributed by atoms with Crippen molar-refractivity contribution in [3.05, 3.63) is 57.7 Å². The van der Waals surface area contributed by atoms with E-state index in [1.807, 2.05) is 6.92 Å². The van der Waals surface area contributed by atoms with Gasteiger partial charge in [0.25, 0.3) is 0 Å². The Labute approximate surface area is 149 Å². The number of nitrogens with zero attached hydrogens (tertiary/aromatic N) is 1. The van der Waals surface area contributed by atoms with Crippen molar-refractivity contribution in [1.29, 1.82) is 0 Å². The molecule has 1 aliphatic heterocycles. The van der Waals surface area contributed by atoms with E-state index in [0.29, 0.717) is 18.1 Å². The average Bonchev–Trinajstić information content (AvgIpc) is 2.52. The second-order valence-corrected chi connectivity index (χ2v) is 6.57. The number of hydrogen-bond donors (Lipinski definition) is 1. The number of rotatable bonds is 4. The van der Waals surface area contributed by atoms with Crippen LogP contribution in [-0.4, -0.2) is 34.9 Å².